The van der Waals surface area contributed by atoms with Crippen LogP contribution in [0.2, 0.25) is 0 Å². The molecule has 1 aliphatic rings. The summed E-state index contributed by atoms with van der Waals surface area (Å²) < 4.78 is 16.2. The van der Waals surface area contributed by atoms with Gasteiger partial charge in [-0.2, -0.15) is 0 Å². The van der Waals surface area contributed by atoms with Crippen molar-refractivity contribution >= 4 is 23.3 Å². The lowest BCUT2D eigenvalue weighted by atomic mass is 10.1. The summed E-state index contributed by atoms with van der Waals surface area (Å²) >= 11 is 5.38. The normalized spacial score (nSPS) is 20.3. The van der Waals surface area contributed by atoms with Gasteiger partial charge in [0.1, 0.15) is 5.82 Å². The van der Waals surface area contributed by atoms with E-state index in [9.17, 15) is 4.39 Å². The predicted molar refractivity (Wildman–Crippen MR) is 81.9 cm³/mol. The van der Waals surface area contributed by atoms with Crippen LogP contribution < -0.4 is 0 Å². The Morgan fingerprint density at radius 2 is 2.25 bits per heavy atom. The second kappa shape index (κ2) is 5.30. The molecule has 0 saturated carbocycles. The third kappa shape index (κ3) is 2.52. The molecule has 1 aromatic heterocycles. The molecule has 0 bridgehead atoms. The number of nitrogens with zero attached hydrogens (tertiary/aromatic N) is 2. The van der Waals surface area contributed by atoms with E-state index in [0.29, 0.717) is 16.7 Å². The summed E-state index contributed by atoms with van der Waals surface area (Å²) in [4.78, 5) is 5.65. The van der Waals surface area contributed by atoms with Gasteiger partial charge >= 0.3 is 0 Å². The van der Waals surface area contributed by atoms with Crippen LogP contribution >= 0.6 is 12.2 Å². The molecule has 3 nitrogen and oxygen atoms in total. The number of aromatic nitrogens is 2. The van der Waals surface area contributed by atoms with Crippen molar-refractivity contribution in [2.75, 3.05) is 13.1 Å². The summed E-state index contributed by atoms with van der Waals surface area (Å²) in [6.45, 7) is 7.57. The minimum Gasteiger partial charge on any atom is -0.331 e. The average molecular weight is 293 g/mol. The van der Waals surface area contributed by atoms with Crippen molar-refractivity contribution in [3.63, 3.8) is 0 Å². The van der Waals surface area contributed by atoms with Crippen LogP contribution in [0.1, 0.15) is 20.3 Å². The molecule has 0 amide bonds. The third-order valence-corrected chi connectivity index (χ3v) is 4.55. The predicted octanol–water partition coefficient (Wildman–Crippen LogP) is 3.57. The quantitative estimate of drug-likeness (QED) is 0.875. The molecule has 1 aliphatic heterocycles. The van der Waals surface area contributed by atoms with Crippen LogP contribution in [0.3, 0.4) is 0 Å². The molecule has 1 fully saturated rings. The van der Waals surface area contributed by atoms with Gasteiger partial charge in [0.25, 0.3) is 0 Å². The fraction of sp³-hybridized carbons (Fsp3) is 0.533. The number of imidazole rings is 1. The standard InChI is InChI=1S/C15H20FN3S/c1-10(2)18-6-5-11(8-18)9-19-14-7-12(16)3-4-13(14)17-15(19)20/h3-4,7,10-11H,5-6,8-9H2,1-2H3,(H,17,20). The largest absolute Gasteiger partial charge is 0.331 e. The van der Waals surface area contributed by atoms with Crippen molar-refractivity contribution in [3.8, 4) is 0 Å². The van der Waals surface area contributed by atoms with E-state index in [1.807, 2.05) is 4.57 Å². The number of halogens is 1. The van der Waals surface area contributed by atoms with Crippen molar-refractivity contribution in [2.24, 2.45) is 5.92 Å². The first-order valence-electron chi connectivity index (χ1n) is 7.16. The third-order valence-electron chi connectivity index (χ3n) is 4.23. The van der Waals surface area contributed by atoms with Crippen LogP contribution in [-0.4, -0.2) is 33.6 Å². The second-order valence-electron chi connectivity index (χ2n) is 5.95. The Hall–Kier alpha value is -1.20. The molecular weight excluding hydrogens is 273 g/mol. The van der Waals surface area contributed by atoms with E-state index in [0.717, 1.165) is 30.7 Å². The Balaban J connectivity index is 1.86. The zero-order valence-corrected chi connectivity index (χ0v) is 12.7. The summed E-state index contributed by atoms with van der Waals surface area (Å²) in [5.74, 6) is 0.377. The lowest BCUT2D eigenvalue weighted by Gasteiger charge is -2.20. The van der Waals surface area contributed by atoms with Crippen molar-refractivity contribution < 1.29 is 4.39 Å². The molecule has 20 heavy (non-hydrogen) atoms. The van der Waals surface area contributed by atoms with E-state index in [1.165, 1.54) is 12.5 Å². The monoisotopic (exact) mass is 293 g/mol. The topological polar surface area (TPSA) is 24.0 Å². The molecule has 2 aromatic rings. The van der Waals surface area contributed by atoms with Crippen LogP contribution in [0.5, 0.6) is 0 Å². The highest BCUT2D eigenvalue weighted by Gasteiger charge is 2.25. The maximum absolute atomic E-state index is 13.4. The zero-order chi connectivity index (χ0) is 14.3. The number of likely N-dealkylation sites (tertiary alicyclic amines) is 1. The number of benzene rings is 1. The van der Waals surface area contributed by atoms with Gasteiger partial charge in [0.15, 0.2) is 4.77 Å². The SMILES string of the molecule is CC(C)N1CCC(Cn2c(=S)[nH]c3ccc(F)cc32)C1. The van der Waals surface area contributed by atoms with Crippen LogP contribution in [0.25, 0.3) is 11.0 Å². The summed E-state index contributed by atoms with van der Waals surface area (Å²) in [6, 6.07) is 5.38. The molecule has 2 heterocycles. The number of hydrogen-bond acceptors (Lipinski definition) is 2. The molecule has 1 saturated heterocycles. The molecule has 1 aromatic carbocycles. The lowest BCUT2D eigenvalue weighted by Crippen LogP contribution is -2.28. The van der Waals surface area contributed by atoms with E-state index >= 15 is 0 Å². The van der Waals surface area contributed by atoms with Gasteiger partial charge in [-0.05, 0) is 63.1 Å². The lowest BCUT2D eigenvalue weighted by molar-refractivity contribution is 0.261. The van der Waals surface area contributed by atoms with Crippen LogP contribution in [0.15, 0.2) is 18.2 Å². The second-order valence-corrected chi connectivity index (χ2v) is 6.33. The summed E-state index contributed by atoms with van der Waals surface area (Å²) in [5.41, 5.74) is 1.79. The molecule has 0 aliphatic carbocycles. The molecule has 1 N–H and O–H groups in total. The number of H-pyrrole nitrogens is 1. The van der Waals surface area contributed by atoms with Gasteiger partial charge < -0.3 is 14.5 Å². The van der Waals surface area contributed by atoms with Crippen molar-refractivity contribution in [2.45, 2.75) is 32.9 Å². The van der Waals surface area contributed by atoms with Crippen LogP contribution in [0, 0.1) is 16.5 Å². The summed E-state index contributed by atoms with van der Waals surface area (Å²) in [5, 5.41) is 0. The van der Waals surface area contributed by atoms with E-state index in [1.54, 1.807) is 12.1 Å². The Bertz CT molecular complexity index is 673. The first-order valence-corrected chi connectivity index (χ1v) is 7.57. The van der Waals surface area contributed by atoms with Gasteiger partial charge in [-0.1, -0.05) is 0 Å². The Kier molecular flexibility index (Phi) is 3.65. The Labute approximate surface area is 123 Å². The molecule has 108 valence electrons. The first-order chi connectivity index (χ1) is 9.54. The highest BCUT2D eigenvalue weighted by Crippen LogP contribution is 2.23. The number of fused-ring (bicyclic) bond motifs is 1. The maximum Gasteiger partial charge on any atom is 0.178 e. The molecule has 3 rings (SSSR count). The van der Waals surface area contributed by atoms with Gasteiger partial charge in [0.05, 0.1) is 11.0 Å². The molecule has 0 spiro atoms. The van der Waals surface area contributed by atoms with E-state index < -0.39 is 0 Å². The first kappa shape index (κ1) is 13.8. The van der Waals surface area contributed by atoms with Crippen molar-refractivity contribution in [3.05, 3.63) is 28.8 Å². The van der Waals surface area contributed by atoms with Crippen molar-refractivity contribution in [1.29, 1.82) is 0 Å². The average Bonchev–Trinajstić information content (AvgIpc) is 2.97. The Morgan fingerprint density at radius 1 is 1.45 bits per heavy atom. The fourth-order valence-electron chi connectivity index (χ4n) is 3.05. The fourth-order valence-corrected chi connectivity index (χ4v) is 3.33. The van der Waals surface area contributed by atoms with E-state index in [4.69, 9.17) is 12.2 Å². The highest BCUT2D eigenvalue weighted by molar-refractivity contribution is 7.71. The van der Waals surface area contributed by atoms with Crippen LogP contribution in [0.4, 0.5) is 4.39 Å². The Morgan fingerprint density at radius 3 is 2.95 bits per heavy atom. The summed E-state index contributed by atoms with van der Waals surface area (Å²) in [6.07, 6.45) is 1.18. The number of rotatable bonds is 3. The van der Waals surface area contributed by atoms with Gasteiger partial charge in [0, 0.05) is 19.1 Å². The molecular formula is C15H20FN3S. The summed E-state index contributed by atoms with van der Waals surface area (Å²) in [7, 11) is 0. The number of aromatic amines is 1. The van der Waals surface area contributed by atoms with Crippen LogP contribution in [-0.2, 0) is 6.54 Å². The number of hydrogen-bond donors (Lipinski definition) is 1. The van der Waals surface area contributed by atoms with Crippen molar-refractivity contribution in [1.82, 2.24) is 14.5 Å². The van der Waals surface area contributed by atoms with Gasteiger partial charge in [-0.15, -0.1) is 0 Å². The molecule has 5 heteroatoms. The zero-order valence-electron chi connectivity index (χ0n) is 11.9. The van der Waals surface area contributed by atoms with Gasteiger partial charge in [0.2, 0.25) is 0 Å². The molecule has 1 atom stereocenters. The van der Waals surface area contributed by atoms with E-state index in [-0.39, 0.29) is 5.82 Å². The van der Waals surface area contributed by atoms with Gasteiger partial charge in [-0.3, -0.25) is 0 Å². The maximum atomic E-state index is 13.4. The van der Waals surface area contributed by atoms with E-state index in [2.05, 4.69) is 23.7 Å². The van der Waals surface area contributed by atoms with Gasteiger partial charge in [-0.25, -0.2) is 4.39 Å². The highest BCUT2D eigenvalue weighted by atomic mass is 32.1. The minimum absolute atomic E-state index is 0.213. The smallest absolute Gasteiger partial charge is 0.178 e. The minimum atomic E-state index is -0.213. The molecule has 1 unspecified atom stereocenters. The molecule has 0 radical (unpaired) electrons. The number of nitrogens with one attached hydrogen (secondary N) is 1.